The van der Waals surface area contributed by atoms with Crippen molar-refractivity contribution in [3.05, 3.63) is 66.9 Å². The molecule has 2 aromatic carbocycles. The Kier molecular flexibility index (Phi) is 2.57. The van der Waals surface area contributed by atoms with Crippen molar-refractivity contribution in [3.63, 3.8) is 0 Å². The van der Waals surface area contributed by atoms with Crippen molar-refractivity contribution < 1.29 is 0 Å². The van der Waals surface area contributed by atoms with E-state index in [4.69, 9.17) is 5.73 Å². The third-order valence-electron chi connectivity index (χ3n) is 2.83. The molecule has 3 heteroatoms. The molecule has 0 unspecified atom stereocenters. The third kappa shape index (κ3) is 1.86. The molecule has 0 spiro atoms. The lowest BCUT2D eigenvalue weighted by molar-refractivity contribution is 0.888. The van der Waals surface area contributed by atoms with Crippen LogP contribution in [0.25, 0.3) is 16.9 Å². The Labute approximate surface area is 105 Å². The summed E-state index contributed by atoms with van der Waals surface area (Å²) < 4.78 is 1.89. The smallest absolute Gasteiger partial charge is 0.0740 e. The second kappa shape index (κ2) is 4.37. The molecular weight excluding hydrogens is 222 g/mol. The van der Waals surface area contributed by atoms with Gasteiger partial charge in [-0.1, -0.05) is 36.4 Å². The van der Waals surface area contributed by atoms with Gasteiger partial charge >= 0.3 is 0 Å². The van der Waals surface area contributed by atoms with E-state index in [1.54, 1.807) is 6.20 Å². The summed E-state index contributed by atoms with van der Waals surface area (Å²) in [5, 5.41) is 4.37. The standard InChI is InChI=1S/C15H13N3/c16-13-7-4-8-14(11-13)18-15(9-10-17-18)12-5-2-1-3-6-12/h1-11H,16H2. The lowest BCUT2D eigenvalue weighted by Gasteiger charge is -2.08. The van der Waals surface area contributed by atoms with Gasteiger partial charge in [-0.15, -0.1) is 0 Å². The monoisotopic (exact) mass is 235 g/mol. The van der Waals surface area contributed by atoms with E-state index in [9.17, 15) is 0 Å². The minimum Gasteiger partial charge on any atom is -0.399 e. The summed E-state index contributed by atoms with van der Waals surface area (Å²) in [7, 11) is 0. The van der Waals surface area contributed by atoms with Crippen LogP contribution in [-0.2, 0) is 0 Å². The summed E-state index contributed by atoms with van der Waals surface area (Å²) in [6.07, 6.45) is 1.80. The molecule has 0 amide bonds. The number of anilines is 1. The number of hydrogen-bond acceptors (Lipinski definition) is 2. The highest BCUT2D eigenvalue weighted by Gasteiger charge is 2.06. The van der Waals surface area contributed by atoms with E-state index in [1.807, 2.05) is 53.2 Å². The summed E-state index contributed by atoms with van der Waals surface area (Å²) in [6, 6.07) is 19.9. The van der Waals surface area contributed by atoms with E-state index >= 15 is 0 Å². The lowest BCUT2D eigenvalue weighted by Crippen LogP contribution is -1.99. The Morgan fingerprint density at radius 3 is 2.50 bits per heavy atom. The van der Waals surface area contributed by atoms with Crippen molar-refractivity contribution in [2.24, 2.45) is 0 Å². The Morgan fingerprint density at radius 1 is 0.889 bits per heavy atom. The van der Waals surface area contributed by atoms with Gasteiger partial charge in [0.15, 0.2) is 0 Å². The highest BCUT2D eigenvalue weighted by molar-refractivity contribution is 5.62. The first-order valence-electron chi connectivity index (χ1n) is 5.80. The van der Waals surface area contributed by atoms with Gasteiger partial charge in [0, 0.05) is 11.3 Å². The summed E-state index contributed by atoms with van der Waals surface area (Å²) in [6.45, 7) is 0. The molecule has 0 aliphatic heterocycles. The normalized spacial score (nSPS) is 10.4. The Hall–Kier alpha value is -2.55. The summed E-state index contributed by atoms with van der Waals surface area (Å²) >= 11 is 0. The average molecular weight is 235 g/mol. The molecule has 0 saturated carbocycles. The van der Waals surface area contributed by atoms with Crippen LogP contribution in [0.15, 0.2) is 66.9 Å². The largest absolute Gasteiger partial charge is 0.399 e. The van der Waals surface area contributed by atoms with Gasteiger partial charge in [0.2, 0.25) is 0 Å². The van der Waals surface area contributed by atoms with E-state index in [1.165, 1.54) is 0 Å². The topological polar surface area (TPSA) is 43.8 Å². The minimum atomic E-state index is 0.738. The minimum absolute atomic E-state index is 0.738. The van der Waals surface area contributed by atoms with E-state index in [0.717, 1.165) is 22.6 Å². The fraction of sp³-hybridized carbons (Fsp3) is 0. The maximum Gasteiger partial charge on any atom is 0.0740 e. The first-order chi connectivity index (χ1) is 8.84. The van der Waals surface area contributed by atoms with Gasteiger partial charge in [-0.2, -0.15) is 5.10 Å². The molecule has 1 aromatic heterocycles. The van der Waals surface area contributed by atoms with Crippen molar-refractivity contribution in [2.45, 2.75) is 0 Å². The zero-order valence-electron chi connectivity index (χ0n) is 9.82. The molecule has 3 nitrogen and oxygen atoms in total. The summed E-state index contributed by atoms with van der Waals surface area (Å²) in [5.41, 5.74) is 9.71. The van der Waals surface area contributed by atoms with Gasteiger partial charge in [0.25, 0.3) is 0 Å². The van der Waals surface area contributed by atoms with Gasteiger partial charge in [-0.25, -0.2) is 4.68 Å². The van der Waals surface area contributed by atoms with Crippen LogP contribution in [0.2, 0.25) is 0 Å². The fourth-order valence-corrected chi connectivity index (χ4v) is 1.99. The predicted molar refractivity (Wildman–Crippen MR) is 73.4 cm³/mol. The van der Waals surface area contributed by atoms with E-state index in [0.29, 0.717) is 0 Å². The van der Waals surface area contributed by atoms with Crippen LogP contribution in [0, 0.1) is 0 Å². The lowest BCUT2D eigenvalue weighted by atomic mass is 10.1. The Morgan fingerprint density at radius 2 is 1.72 bits per heavy atom. The maximum atomic E-state index is 5.81. The molecule has 0 saturated heterocycles. The number of nitrogens with zero attached hydrogens (tertiary/aromatic N) is 2. The molecule has 0 fully saturated rings. The van der Waals surface area contributed by atoms with E-state index in [2.05, 4.69) is 17.2 Å². The van der Waals surface area contributed by atoms with Gasteiger partial charge in [-0.3, -0.25) is 0 Å². The van der Waals surface area contributed by atoms with Gasteiger partial charge in [-0.05, 0) is 24.3 Å². The van der Waals surface area contributed by atoms with Crippen LogP contribution in [0.4, 0.5) is 5.69 Å². The maximum absolute atomic E-state index is 5.81. The van der Waals surface area contributed by atoms with E-state index in [-0.39, 0.29) is 0 Å². The van der Waals surface area contributed by atoms with Crippen molar-refractivity contribution in [3.8, 4) is 16.9 Å². The SMILES string of the molecule is Nc1cccc(-n2nccc2-c2ccccc2)c1. The van der Waals surface area contributed by atoms with Crippen LogP contribution in [0.3, 0.4) is 0 Å². The summed E-state index contributed by atoms with van der Waals surface area (Å²) in [4.78, 5) is 0. The van der Waals surface area contributed by atoms with Crippen molar-refractivity contribution in [1.29, 1.82) is 0 Å². The van der Waals surface area contributed by atoms with Gasteiger partial charge < -0.3 is 5.73 Å². The quantitative estimate of drug-likeness (QED) is 0.693. The number of nitrogens with two attached hydrogens (primary N) is 1. The number of benzene rings is 2. The van der Waals surface area contributed by atoms with Crippen molar-refractivity contribution in [2.75, 3.05) is 5.73 Å². The fourth-order valence-electron chi connectivity index (χ4n) is 1.99. The van der Waals surface area contributed by atoms with Crippen LogP contribution in [0.1, 0.15) is 0 Å². The molecular formula is C15H13N3. The molecule has 2 N–H and O–H groups in total. The van der Waals surface area contributed by atoms with Crippen molar-refractivity contribution in [1.82, 2.24) is 9.78 Å². The van der Waals surface area contributed by atoms with Crippen LogP contribution >= 0.6 is 0 Å². The number of rotatable bonds is 2. The number of hydrogen-bond donors (Lipinski definition) is 1. The molecule has 0 radical (unpaired) electrons. The average Bonchev–Trinajstić information content (AvgIpc) is 2.89. The first-order valence-corrected chi connectivity index (χ1v) is 5.80. The third-order valence-corrected chi connectivity index (χ3v) is 2.83. The highest BCUT2D eigenvalue weighted by atomic mass is 15.3. The second-order valence-corrected chi connectivity index (χ2v) is 4.09. The highest BCUT2D eigenvalue weighted by Crippen LogP contribution is 2.22. The zero-order chi connectivity index (χ0) is 12.4. The molecule has 1 heterocycles. The second-order valence-electron chi connectivity index (χ2n) is 4.09. The molecule has 88 valence electrons. The van der Waals surface area contributed by atoms with E-state index < -0.39 is 0 Å². The van der Waals surface area contributed by atoms with Gasteiger partial charge in [0.05, 0.1) is 17.6 Å². The first kappa shape index (κ1) is 10.6. The molecule has 0 atom stereocenters. The molecule has 18 heavy (non-hydrogen) atoms. The molecule has 0 aliphatic carbocycles. The Bertz CT molecular complexity index is 656. The van der Waals surface area contributed by atoms with Crippen LogP contribution in [-0.4, -0.2) is 9.78 Å². The Balaban J connectivity index is 2.13. The van der Waals surface area contributed by atoms with Crippen LogP contribution < -0.4 is 5.73 Å². The number of aromatic nitrogens is 2. The molecule has 3 rings (SSSR count). The predicted octanol–water partition coefficient (Wildman–Crippen LogP) is 3.12. The van der Waals surface area contributed by atoms with Gasteiger partial charge in [0.1, 0.15) is 0 Å². The van der Waals surface area contributed by atoms with Crippen LogP contribution in [0.5, 0.6) is 0 Å². The molecule has 3 aromatic rings. The number of nitrogen functional groups attached to an aromatic ring is 1. The van der Waals surface area contributed by atoms with Crippen molar-refractivity contribution >= 4 is 5.69 Å². The molecule has 0 bridgehead atoms. The zero-order valence-corrected chi connectivity index (χ0v) is 9.82. The summed E-state index contributed by atoms with van der Waals surface area (Å²) in [5.74, 6) is 0. The molecule has 0 aliphatic rings.